The largest absolute Gasteiger partial charge is 0.350 e. The van der Waals surface area contributed by atoms with Crippen LogP contribution in [0.4, 0.5) is 0 Å². The van der Waals surface area contributed by atoms with E-state index in [0.29, 0.717) is 6.54 Å². The third-order valence-electron chi connectivity index (χ3n) is 2.75. The average molecular weight is 240 g/mol. The zero-order chi connectivity index (χ0) is 12.8. The Morgan fingerprint density at radius 2 is 1.56 bits per heavy atom. The van der Waals surface area contributed by atoms with E-state index in [-0.39, 0.29) is 5.91 Å². The third-order valence-corrected chi connectivity index (χ3v) is 2.75. The molecule has 0 aliphatic heterocycles. The van der Waals surface area contributed by atoms with Gasteiger partial charge in [0.2, 0.25) is 5.91 Å². The summed E-state index contributed by atoms with van der Waals surface area (Å²) in [5, 5.41) is 2.83. The maximum atomic E-state index is 11.9. The summed E-state index contributed by atoms with van der Waals surface area (Å²) in [5.41, 5.74) is 7.77. The molecule has 0 fully saturated rings. The quantitative estimate of drug-likeness (QED) is 0.858. The van der Waals surface area contributed by atoms with Crippen molar-refractivity contribution in [1.82, 2.24) is 5.32 Å². The number of amides is 1. The smallest absolute Gasteiger partial charge is 0.241 e. The molecule has 0 radical (unpaired) electrons. The molecule has 0 bridgehead atoms. The highest BCUT2D eigenvalue weighted by molar-refractivity contribution is 5.82. The second kappa shape index (κ2) is 5.98. The van der Waals surface area contributed by atoms with Gasteiger partial charge < -0.3 is 11.1 Å². The molecule has 0 aliphatic carbocycles. The predicted octanol–water partition coefficient (Wildman–Crippen LogP) is 2.00. The molecular weight excluding hydrogens is 224 g/mol. The summed E-state index contributed by atoms with van der Waals surface area (Å²) in [6.45, 7) is 0.500. The highest BCUT2D eigenvalue weighted by Gasteiger charge is 2.14. The van der Waals surface area contributed by atoms with Gasteiger partial charge in [0.1, 0.15) is 6.04 Å². The van der Waals surface area contributed by atoms with E-state index < -0.39 is 6.04 Å². The fourth-order valence-electron chi connectivity index (χ4n) is 1.71. The third kappa shape index (κ3) is 3.18. The lowest BCUT2D eigenvalue weighted by atomic mass is 10.1. The molecule has 0 aromatic heterocycles. The van der Waals surface area contributed by atoms with Gasteiger partial charge in [-0.05, 0) is 11.1 Å². The molecule has 0 saturated heterocycles. The van der Waals surface area contributed by atoms with Crippen molar-refractivity contribution >= 4 is 5.91 Å². The van der Waals surface area contributed by atoms with Crippen molar-refractivity contribution in [1.29, 1.82) is 0 Å². The molecule has 3 heteroatoms. The second-order valence-electron chi connectivity index (χ2n) is 4.09. The molecule has 3 N–H and O–H groups in total. The number of rotatable bonds is 4. The van der Waals surface area contributed by atoms with Crippen LogP contribution in [-0.2, 0) is 11.3 Å². The fraction of sp³-hybridized carbons (Fsp3) is 0.133. The summed E-state index contributed by atoms with van der Waals surface area (Å²) in [7, 11) is 0. The molecule has 2 rings (SSSR count). The molecule has 1 amide bonds. The molecule has 0 spiro atoms. The van der Waals surface area contributed by atoms with Crippen molar-refractivity contribution in [2.24, 2.45) is 5.73 Å². The summed E-state index contributed by atoms with van der Waals surface area (Å²) < 4.78 is 0. The minimum Gasteiger partial charge on any atom is -0.350 e. The van der Waals surface area contributed by atoms with Gasteiger partial charge >= 0.3 is 0 Å². The second-order valence-corrected chi connectivity index (χ2v) is 4.09. The zero-order valence-electron chi connectivity index (χ0n) is 10.0. The topological polar surface area (TPSA) is 55.1 Å². The Morgan fingerprint density at radius 3 is 2.17 bits per heavy atom. The zero-order valence-corrected chi connectivity index (χ0v) is 10.0. The van der Waals surface area contributed by atoms with Crippen LogP contribution in [0.3, 0.4) is 0 Å². The Hall–Kier alpha value is -2.13. The first-order valence-corrected chi connectivity index (χ1v) is 5.89. The molecule has 3 nitrogen and oxygen atoms in total. The Morgan fingerprint density at radius 1 is 1.00 bits per heavy atom. The number of carbonyl (C=O) groups excluding carboxylic acids is 1. The van der Waals surface area contributed by atoms with Crippen LogP contribution in [0.1, 0.15) is 17.2 Å². The van der Waals surface area contributed by atoms with E-state index in [1.165, 1.54) is 0 Å². The maximum absolute atomic E-state index is 11.9. The van der Waals surface area contributed by atoms with Crippen molar-refractivity contribution in [2.75, 3.05) is 0 Å². The maximum Gasteiger partial charge on any atom is 0.241 e. The molecular formula is C15H16N2O. The molecule has 0 saturated carbocycles. The van der Waals surface area contributed by atoms with Crippen molar-refractivity contribution in [2.45, 2.75) is 12.6 Å². The van der Waals surface area contributed by atoms with Gasteiger partial charge in [0, 0.05) is 6.54 Å². The van der Waals surface area contributed by atoms with Crippen LogP contribution in [0.15, 0.2) is 60.7 Å². The van der Waals surface area contributed by atoms with Gasteiger partial charge in [0.05, 0.1) is 0 Å². The van der Waals surface area contributed by atoms with Crippen LogP contribution in [0.5, 0.6) is 0 Å². The molecule has 0 aliphatic rings. The Labute approximate surface area is 107 Å². The van der Waals surface area contributed by atoms with Gasteiger partial charge in [-0.1, -0.05) is 60.7 Å². The SMILES string of the molecule is N[C@@H](C(=O)NCc1ccccc1)c1ccccc1. The van der Waals surface area contributed by atoms with Gasteiger partial charge in [-0.15, -0.1) is 0 Å². The van der Waals surface area contributed by atoms with Gasteiger partial charge in [-0.3, -0.25) is 4.79 Å². The van der Waals surface area contributed by atoms with E-state index in [9.17, 15) is 4.79 Å². The molecule has 1 atom stereocenters. The minimum atomic E-state index is -0.616. The Kier molecular flexibility index (Phi) is 4.10. The van der Waals surface area contributed by atoms with Crippen molar-refractivity contribution in [3.05, 3.63) is 71.8 Å². The molecule has 18 heavy (non-hydrogen) atoms. The summed E-state index contributed by atoms with van der Waals surface area (Å²) in [6, 6.07) is 18.5. The van der Waals surface area contributed by atoms with Gasteiger partial charge in [0.25, 0.3) is 0 Å². The Bertz CT molecular complexity index is 496. The highest BCUT2D eigenvalue weighted by atomic mass is 16.2. The fourth-order valence-corrected chi connectivity index (χ4v) is 1.71. The molecule has 2 aromatic rings. The summed E-state index contributed by atoms with van der Waals surface area (Å²) in [6.07, 6.45) is 0. The standard InChI is InChI=1S/C15H16N2O/c16-14(13-9-5-2-6-10-13)15(18)17-11-12-7-3-1-4-8-12/h1-10,14H,11,16H2,(H,17,18)/t14-/m1/s1. The lowest BCUT2D eigenvalue weighted by molar-refractivity contribution is -0.122. The summed E-state index contributed by atoms with van der Waals surface area (Å²) >= 11 is 0. The van der Waals surface area contributed by atoms with E-state index in [4.69, 9.17) is 5.73 Å². The van der Waals surface area contributed by atoms with Crippen LogP contribution in [0.2, 0.25) is 0 Å². The first-order valence-electron chi connectivity index (χ1n) is 5.89. The average Bonchev–Trinajstić information content (AvgIpc) is 2.46. The number of benzene rings is 2. The number of nitrogens with one attached hydrogen (secondary N) is 1. The molecule has 0 heterocycles. The predicted molar refractivity (Wildman–Crippen MR) is 71.7 cm³/mol. The first-order chi connectivity index (χ1) is 8.77. The summed E-state index contributed by atoms with van der Waals surface area (Å²) in [4.78, 5) is 11.9. The van der Waals surface area contributed by atoms with Gasteiger partial charge in [-0.25, -0.2) is 0 Å². The van der Waals surface area contributed by atoms with Crippen LogP contribution in [0.25, 0.3) is 0 Å². The van der Waals surface area contributed by atoms with Crippen LogP contribution < -0.4 is 11.1 Å². The number of carbonyl (C=O) groups is 1. The lowest BCUT2D eigenvalue weighted by Crippen LogP contribution is -2.33. The number of hydrogen-bond donors (Lipinski definition) is 2. The molecule has 0 unspecified atom stereocenters. The van der Waals surface area contributed by atoms with Crippen molar-refractivity contribution in [3.63, 3.8) is 0 Å². The van der Waals surface area contributed by atoms with Crippen LogP contribution in [-0.4, -0.2) is 5.91 Å². The lowest BCUT2D eigenvalue weighted by Gasteiger charge is -2.12. The van der Waals surface area contributed by atoms with E-state index >= 15 is 0 Å². The first kappa shape index (κ1) is 12.3. The Balaban J connectivity index is 1.93. The normalized spacial score (nSPS) is 11.8. The molecule has 92 valence electrons. The van der Waals surface area contributed by atoms with E-state index in [0.717, 1.165) is 11.1 Å². The van der Waals surface area contributed by atoms with Gasteiger partial charge in [0.15, 0.2) is 0 Å². The monoisotopic (exact) mass is 240 g/mol. The highest BCUT2D eigenvalue weighted by Crippen LogP contribution is 2.09. The van der Waals surface area contributed by atoms with E-state index in [1.54, 1.807) is 0 Å². The van der Waals surface area contributed by atoms with E-state index in [1.807, 2.05) is 60.7 Å². The number of hydrogen-bond acceptors (Lipinski definition) is 2. The van der Waals surface area contributed by atoms with Crippen molar-refractivity contribution < 1.29 is 4.79 Å². The van der Waals surface area contributed by atoms with Crippen molar-refractivity contribution in [3.8, 4) is 0 Å². The molecule has 2 aromatic carbocycles. The minimum absolute atomic E-state index is 0.162. The van der Waals surface area contributed by atoms with Crippen LogP contribution >= 0.6 is 0 Å². The van der Waals surface area contributed by atoms with Gasteiger partial charge in [-0.2, -0.15) is 0 Å². The summed E-state index contributed by atoms with van der Waals surface area (Å²) in [5.74, 6) is -0.162. The van der Waals surface area contributed by atoms with E-state index in [2.05, 4.69) is 5.32 Å². The van der Waals surface area contributed by atoms with Crippen LogP contribution in [0, 0.1) is 0 Å². The number of nitrogens with two attached hydrogens (primary N) is 1.